The zero-order valence-electron chi connectivity index (χ0n) is 11.7. The summed E-state index contributed by atoms with van der Waals surface area (Å²) in [6, 6.07) is 6.31. The van der Waals surface area contributed by atoms with Crippen LogP contribution in [-0.4, -0.2) is 39.8 Å². The quantitative estimate of drug-likeness (QED) is 0.880. The molecular weight excluding hydrogens is 252 g/mol. The molecule has 1 aromatic carbocycles. The highest BCUT2D eigenvalue weighted by molar-refractivity contribution is 5.54. The van der Waals surface area contributed by atoms with Gasteiger partial charge in [0.05, 0.1) is 5.69 Å². The number of nitrogens with zero attached hydrogens (tertiary/aromatic N) is 4. The number of rotatable bonds is 4. The van der Waals surface area contributed by atoms with Crippen LogP contribution in [0, 0.1) is 12.8 Å². The molecule has 2 N–H and O–H groups in total. The van der Waals surface area contributed by atoms with Crippen molar-refractivity contribution >= 4 is 5.69 Å². The number of hydrogen-bond donors (Lipinski definition) is 2. The largest absolute Gasteiger partial charge is 0.385 e. The molecule has 6 heteroatoms. The number of tetrazole rings is 1. The van der Waals surface area contributed by atoms with Gasteiger partial charge in [0.1, 0.15) is 6.33 Å². The Morgan fingerprint density at radius 2 is 2.40 bits per heavy atom. The Morgan fingerprint density at radius 3 is 3.15 bits per heavy atom. The second kappa shape index (κ2) is 6.00. The molecule has 6 nitrogen and oxygen atoms in total. The highest BCUT2D eigenvalue weighted by Gasteiger charge is 2.12. The summed E-state index contributed by atoms with van der Waals surface area (Å²) in [5.41, 5.74) is 3.29. The fourth-order valence-corrected chi connectivity index (χ4v) is 2.60. The highest BCUT2D eigenvalue weighted by atomic mass is 15.5. The second-order valence-corrected chi connectivity index (χ2v) is 5.35. The monoisotopic (exact) mass is 272 g/mol. The Balaban J connectivity index is 1.69. The first-order valence-corrected chi connectivity index (χ1v) is 7.11. The number of benzene rings is 1. The number of anilines is 1. The van der Waals surface area contributed by atoms with Gasteiger partial charge < -0.3 is 10.6 Å². The summed E-state index contributed by atoms with van der Waals surface area (Å²) in [6.45, 7) is 5.33. The van der Waals surface area contributed by atoms with Gasteiger partial charge in [-0.2, -0.15) is 0 Å². The predicted octanol–water partition coefficient (Wildman–Crippen LogP) is 1.38. The van der Waals surface area contributed by atoms with Crippen molar-refractivity contribution in [3.05, 3.63) is 30.1 Å². The van der Waals surface area contributed by atoms with Gasteiger partial charge in [-0.25, -0.2) is 4.68 Å². The average Bonchev–Trinajstić information content (AvgIpc) is 3.01. The van der Waals surface area contributed by atoms with Crippen LogP contribution in [0.4, 0.5) is 5.69 Å². The molecule has 106 valence electrons. The fraction of sp³-hybridized carbons (Fsp3) is 0.500. The van der Waals surface area contributed by atoms with Crippen molar-refractivity contribution in [1.29, 1.82) is 0 Å². The molecule has 0 saturated carbocycles. The van der Waals surface area contributed by atoms with Gasteiger partial charge in [0.2, 0.25) is 0 Å². The van der Waals surface area contributed by atoms with E-state index in [1.54, 1.807) is 11.0 Å². The van der Waals surface area contributed by atoms with Crippen molar-refractivity contribution in [2.75, 3.05) is 25.0 Å². The molecule has 1 saturated heterocycles. The van der Waals surface area contributed by atoms with Gasteiger partial charge in [-0.1, -0.05) is 6.07 Å². The van der Waals surface area contributed by atoms with Crippen molar-refractivity contribution < 1.29 is 0 Å². The minimum Gasteiger partial charge on any atom is -0.385 e. The molecule has 20 heavy (non-hydrogen) atoms. The van der Waals surface area contributed by atoms with E-state index < -0.39 is 0 Å². The lowest BCUT2D eigenvalue weighted by molar-refractivity contribution is 0.393. The van der Waals surface area contributed by atoms with E-state index in [9.17, 15) is 0 Å². The molecule has 3 rings (SSSR count). The van der Waals surface area contributed by atoms with E-state index in [-0.39, 0.29) is 0 Å². The van der Waals surface area contributed by atoms with Gasteiger partial charge in [-0.15, -0.1) is 5.10 Å². The van der Waals surface area contributed by atoms with E-state index in [1.807, 2.05) is 0 Å². The third-order valence-electron chi connectivity index (χ3n) is 3.80. The molecule has 0 amide bonds. The SMILES string of the molecule is Cc1ccc(NCC2CCCNC2)cc1-n1cnnn1. The van der Waals surface area contributed by atoms with E-state index in [2.05, 4.69) is 51.3 Å². The Labute approximate surface area is 118 Å². The topological polar surface area (TPSA) is 67.7 Å². The van der Waals surface area contributed by atoms with Crippen LogP contribution in [0.1, 0.15) is 18.4 Å². The minimum absolute atomic E-state index is 0.710. The lowest BCUT2D eigenvalue weighted by atomic mass is 9.99. The Hall–Kier alpha value is -1.95. The molecule has 0 radical (unpaired) electrons. The average molecular weight is 272 g/mol. The molecule has 0 spiro atoms. The van der Waals surface area contributed by atoms with Crippen LogP contribution in [0.2, 0.25) is 0 Å². The molecule has 1 aromatic heterocycles. The zero-order chi connectivity index (χ0) is 13.8. The summed E-state index contributed by atoms with van der Waals surface area (Å²) in [4.78, 5) is 0. The van der Waals surface area contributed by atoms with Crippen molar-refractivity contribution in [2.45, 2.75) is 19.8 Å². The molecule has 1 atom stereocenters. The summed E-state index contributed by atoms with van der Waals surface area (Å²) >= 11 is 0. The first kappa shape index (κ1) is 13.1. The maximum Gasteiger partial charge on any atom is 0.143 e. The van der Waals surface area contributed by atoms with Crippen LogP contribution in [0.15, 0.2) is 24.5 Å². The molecule has 1 aliphatic rings. The standard InChI is InChI=1S/C14H20N6/c1-11-4-5-13(7-14(11)20-10-17-18-19-20)16-9-12-3-2-6-15-8-12/h4-5,7,10,12,15-16H,2-3,6,8-9H2,1H3. The summed E-state index contributed by atoms with van der Waals surface area (Å²) in [5.74, 6) is 0.710. The molecule has 1 fully saturated rings. The molecular formula is C14H20N6. The lowest BCUT2D eigenvalue weighted by Gasteiger charge is -2.23. The predicted molar refractivity (Wildman–Crippen MR) is 78.0 cm³/mol. The zero-order valence-corrected chi connectivity index (χ0v) is 11.7. The summed E-state index contributed by atoms with van der Waals surface area (Å²) in [5, 5.41) is 18.3. The summed E-state index contributed by atoms with van der Waals surface area (Å²) in [7, 11) is 0. The van der Waals surface area contributed by atoms with Crippen LogP contribution >= 0.6 is 0 Å². The van der Waals surface area contributed by atoms with E-state index in [0.717, 1.165) is 36.6 Å². The molecule has 1 unspecified atom stereocenters. The number of piperidine rings is 1. The van der Waals surface area contributed by atoms with E-state index >= 15 is 0 Å². The van der Waals surface area contributed by atoms with Gasteiger partial charge in [0.15, 0.2) is 0 Å². The van der Waals surface area contributed by atoms with Gasteiger partial charge in [-0.05, 0) is 66.9 Å². The van der Waals surface area contributed by atoms with Crippen LogP contribution in [0.5, 0.6) is 0 Å². The molecule has 2 aromatic rings. The summed E-state index contributed by atoms with van der Waals surface area (Å²) in [6.07, 6.45) is 4.19. The second-order valence-electron chi connectivity index (χ2n) is 5.35. The van der Waals surface area contributed by atoms with Gasteiger partial charge in [0.25, 0.3) is 0 Å². The van der Waals surface area contributed by atoms with Crippen LogP contribution in [-0.2, 0) is 0 Å². The number of aryl methyl sites for hydroxylation is 1. The van der Waals surface area contributed by atoms with Crippen molar-refractivity contribution in [3.63, 3.8) is 0 Å². The fourth-order valence-electron chi connectivity index (χ4n) is 2.60. The van der Waals surface area contributed by atoms with Gasteiger partial charge in [0, 0.05) is 12.2 Å². The molecule has 2 heterocycles. The number of hydrogen-bond acceptors (Lipinski definition) is 5. The summed E-state index contributed by atoms with van der Waals surface area (Å²) < 4.78 is 1.70. The van der Waals surface area contributed by atoms with E-state index in [0.29, 0.717) is 5.92 Å². The van der Waals surface area contributed by atoms with Crippen molar-refractivity contribution in [2.24, 2.45) is 5.92 Å². The van der Waals surface area contributed by atoms with Crippen molar-refractivity contribution in [1.82, 2.24) is 25.5 Å². The van der Waals surface area contributed by atoms with Crippen LogP contribution in [0.3, 0.4) is 0 Å². The molecule has 1 aliphatic heterocycles. The normalized spacial score (nSPS) is 18.9. The van der Waals surface area contributed by atoms with Crippen LogP contribution in [0.25, 0.3) is 5.69 Å². The highest BCUT2D eigenvalue weighted by Crippen LogP contribution is 2.19. The Kier molecular flexibility index (Phi) is 3.92. The number of aromatic nitrogens is 4. The third kappa shape index (κ3) is 2.96. The van der Waals surface area contributed by atoms with E-state index in [4.69, 9.17) is 0 Å². The Morgan fingerprint density at radius 1 is 1.45 bits per heavy atom. The molecule has 0 aliphatic carbocycles. The van der Waals surface area contributed by atoms with Gasteiger partial charge >= 0.3 is 0 Å². The molecule has 0 bridgehead atoms. The third-order valence-corrected chi connectivity index (χ3v) is 3.80. The maximum atomic E-state index is 3.96. The first-order chi connectivity index (χ1) is 9.83. The smallest absolute Gasteiger partial charge is 0.143 e. The van der Waals surface area contributed by atoms with E-state index in [1.165, 1.54) is 12.8 Å². The van der Waals surface area contributed by atoms with Crippen molar-refractivity contribution in [3.8, 4) is 5.69 Å². The lowest BCUT2D eigenvalue weighted by Crippen LogP contribution is -2.33. The van der Waals surface area contributed by atoms with Gasteiger partial charge in [-0.3, -0.25) is 0 Å². The Bertz CT molecular complexity index is 545. The maximum absolute atomic E-state index is 3.96. The van der Waals surface area contributed by atoms with Crippen LogP contribution < -0.4 is 10.6 Å². The first-order valence-electron chi connectivity index (χ1n) is 7.11. The number of nitrogens with one attached hydrogen (secondary N) is 2. The minimum atomic E-state index is 0.710.